The number of rotatable bonds is 4. The molecule has 1 aliphatic heterocycles. The Balaban J connectivity index is 2.00. The lowest BCUT2D eigenvalue weighted by atomic mass is 10.2. The SMILES string of the molecule is CCCCCc1cnc2c(n1)NCCO2. The molecule has 1 aromatic heterocycles. The van der Waals surface area contributed by atoms with E-state index in [9.17, 15) is 0 Å². The first kappa shape index (κ1) is 10.2. The van der Waals surface area contributed by atoms with Gasteiger partial charge in [0.1, 0.15) is 6.61 Å². The third kappa shape index (κ3) is 2.58. The molecule has 0 saturated carbocycles. The molecule has 1 N–H and O–H groups in total. The fourth-order valence-corrected chi connectivity index (χ4v) is 1.63. The van der Waals surface area contributed by atoms with Gasteiger partial charge in [-0.2, -0.15) is 0 Å². The number of hydrogen-bond donors (Lipinski definition) is 1. The quantitative estimate of drug-likeness (QED) is 0.767. The van der Waals surface area contributed by atoms with Gasteiger partial charge in [-0.1, -0.05) is 19.8 Å². The summed E-state index contributed by atoms with van der Waals surface area (Å²) in [6.45, 7) is 3.70. The second kappa shape index (κ2) is 4.96. The average molecular weight is 207 g/mol. The molecule has 0 radical (unpaired) electrons. The molecule has 0 unspecified atom stereocenters. The molecule has 0 bridgehead atoms. The molecule has 2 rings (SSSR count). The number of nitrogens with zero attached hydrogens (tertiary/aromatic N) is 2. The number of fused-ring (bicyclic) bond motifs is 1. The Kier molecular flexibility index (Phi) is 3.37. The van der Waals surface area contributed by atoms with Crippen molar-refractivity contribution in [2.24, 2.45) is 0 Å². The second-order valence-corrected chi connectivity index (χ2v) is 3.75. The first-order valence-electron chi connectivity index (χ1n) is 5.62. The molecule has 0 fully saturated rings. The highest BCUT2D eigenvalue weighted by Gasteiger charge is 2.12. The van der Waals surface area contributed by atoms with E-state index in [1.807, 2.05) is 6.20 Å². The smallest absolute Gasteiger partial charge is 0.257 e. The molecule has 4 nitrogen and oxygen atoms in total. The van der Waals surface area contributed by atoms with Crippen LogP contribution in [0.5, 0.6) is 5.88 Å². The van der Waals surface area contributed by atoms with E-state index in [-0.39, 0.29) is 0 Å². The Labute approximate surface area is 90.1 Å². The van der Waals surface area contributed by atoms with Gasteiger partial charge >= 0.3 is 0 Å². The highest BCUT2D eigenvalue weighted by molar-refractivity contribution is 5.47. The van der Waals surface area contributed by atoms with Crippen LogP contribution in [0.1, 0.15) is 31.9 Å². The predicted octanol–water partition coefficient (Wildman–Crippen LogP) is 2.01. The third-order valence-electron chi connectivity index (χ3n) is 2.46. The molecule has 1 aliphatic rings. The maximum atomic E-state index is 5.37. The standard InChI is InChI=1S/C11H17N3O/c1-2-3-4-5-9-8-13-11-10(14-9)12-6-7-15-11/h8H,2-7H2,1H3,(H,12,14). The molecule has 0 aliphatic carbocycles. The monoisotopic (exact) mass is 207 g/mol. The summed E-state index contributed by atoms with van der Waals surface area (Å²) in [5.74, 6) is 1.44. The zero-order valence-electron chi connectivity index (χ0n) is 9.12. The Morgan fingerprint density at radius 1 is 1.47 bits per heavy atom. The normalized spacial score (nSPS) is 13.9. The summed E-state index contributed by atoms with van der Waals surface area (Å²) in [5.41, 5.74) is 1.06. The second-order valence-electron chi connectivity index (χ2n) is 3.75. The largest absolute Gasteiger partial charge is 0.473 e. The van der Waals surface area contributed by atoms with E-state index in [1.54, 1.807) is 0 Å². The highest BCUT2D eigenvalue weighted by atomic mass is 16.5. The summed E-state index contributed by atoms with van der Waals surface area (Å²) in [4.78, 5) is 8.74. The third-order valence-corrected chi connectivity index (χ3v) is 2.46. The fraction of sp³-hybridized carbons (Fsp3) is 0.636. The zero-order valence-corrected chi connectivity index (χ0v) is 9.12. The van der Waals surface area contributed by atoms with Crippen molar-refractivity contribution in [2.45, 2.75) is 32.6 Å². The van der Waals surface area contributed by atoms with Crippen LogP contribution in [0.15, 0.2) is 6.20 Å². The number of hydrogen-bond acceptors (Lipinski definition) is 4. The number of aryl methyl sites for hydroxylation is 1. The Bertz CT molecular complexity index is 328. The van der Waals surface area contributed by atoms with Gasteiger partial charge < -0.3 is 10.1 Å². The van der Waals surface area contributed by atoms with Crippen LogP contribution < -0.4 is 10.1 Å². The molecule has 82 valence electrons. The maximum Gasteiger partial charge on any atom is 0.257 e. The van der Waals surface area contributed by atoms with Crippen LogP contribution in [0.3, 0.4) is 0 Å². The lowest BCUT2D eigenvalue weighted by Crippen LogP contribution is -2.20. The molecule has 0 amide bonds. The average Bonchev–Trinajstić information content (AvgIpc) is 2.29. The van der Waals surface area contributed by atoms with Crippen molar-refractivity contribution in [3.05, 3.63) is 11.9 Å². The minimum Gasteiger partial charge on any atom is -0.473 e. The van der Waals surface area contributed by atoms with Crippen LogP contribution in [-0.2, 0) is 6.42 Å². The first-order valence-corrected chi connectivity index (χ1v) is 5.62. The Hall–Kier alpha value is -1.32. The number of ether oxygens (including phenoxy) is 1. The minimum absolute atomic E-state index is 0.639. The number of unbranched alkanes of at least 4 members (excludes halogenated alkanes) is 2. The van der Waals surface area contributed by atoms with E-state index in [0.29, 0.717) is 12.5 Å². The number of nitrogens with one attached hydrogen (secondary N) is 1. The van der Waals surface area contributed by atoms with E-state index in [0.717, 1.165) is 24.5 Å². The molecular weight excluding hydrogens is 190 g/mol. The van der Waals surface area contributed by atoms with Crippen molar-refractivity contribution < 1.29 is 4.74 Å². The fourth-order valence-electron chi connectivity index (χ4n) is 1.63. The lowest BCUT2D eigenvalue weighted by Gasteiger charge is -2.17. The van der Waals surface area contributed by atoms with E-state index in [2.05, 4.69) is 22.2 Å². The van der Waals surface area contributed by atoms with Crippen LogP contribution in [0.2, 0.25) is 0 Å². The minimum atomic E-state index is 0.639. The molecule has 2 heterocycles. The topological polar surface area (TPSA) is 47.0 Å². The summed E-state index contributed by atoms with van der Waals surface area (Å²) in [6.07, 6.45) is 6.50. The van der Waals surface area contributed by atoms with Crippen molar-refractivity contribution in [2.75, 3.05) is 18.5 Å². The summed E-state index contributed by atoms with van der Waals surface area (Å²) in [5, 5.41) is 3.19. The van der Waals surface area contributed by atoms with Crippen LogP contribution in [0.4, 0.5) is 5.82 Å². The van der Waals surface area contributed by atoms with Gasteiger partial charge in [-0.05, 0) is 12.8 Å². The predicted molar refractivity (Wildman–Crippen MR) is 59.2 cm³/mol. The Morgan fingerprint density at radius 2 is 2.40 bits per heavy atom. The maximum absolute atomic E-state index is 5.37. The van der Waals surface area contributed by atoms with Crippen molar-refractivity contribution in [1.82, 2.24) is 9.97 Å². The van der Waals surface area contributed by atoms with Gasteiger partial charge in [0.25, 0.3) is 5.88 Å². The summed E-state index contributed by atoms with van der Waals surface area (Å²) in [7, 11) is 0. The zero-order chi connectivity index (χ0) is 10.5. The van der Waals surface area contributed by atoms with E-state index in [4.69, 9.17) is 4.74 Å². The van der Waals surface area contributed by atoms with Gasteiger partial charge in [0, 0.05) is 0 Å². The highest BCUT2D eigenvalue weighted by Crippen LogP contribution is 2.21. The van der Waals surface area contributed by atoms with Crippen LogP contribution in [-0.4, -0.2) is 23.1 Å². The molecular formula is C11H17N3O. The van der Waals surface area contributed by atoms with Gasteiger partial charge in [0.15, 0.2) is 5.82 Å². The van der Waals surface area contributed by atoms with Gasteiger partial charge in [-0.3, -0.25) is 0 Å². The summed E-state index contributed by atoms with van der Waals surface area (Å²) >= 11 is 0. The van der Waals surface area contributed by atoms with Gasteiger partial charge in [0.2, 0.25) is 0 Å². The molecule has 0 saturated heterocycles. The van der Waals surface area contributed by atoms with E-state index in [1.165, 1.54) is 19.3 Å². The summed E-state index contributed by atoms with van der Waals surface area (Å²) < 4.78 is 5.37. The number of anilines is 1. The molecule has 1 aromatic rings. The van der Waals surface area contributed by atoms with Crippen LogP contribution >= 0.6 is 0 Å². The first-order chi connectivity index (χ1) is 7.40. The van der Waals surface area contributed by atoms with Gasteiger partial charge in [0.05, 0.1) is 18.4 Å². The van der Waals surface area contributed by atoms with Crippen molar-refractivity contribution >= 4 is 5.82 Å². The molecule has 0 aromatic carbocycles. The Morgan fingerprint density at radius 3 is 3.27 bits per heavy atom. The van der Waals surface area contributed by atoms with Gasteiger partial charge in [-0.15, -0.1) is 0 Å². The van der Waals surface area contributed by atoms with E-state index >= 15 is 0 Å². The van der Waals surface area contributed by atoms with Crippen molar-refractivity contribution in [1.29, 1.82) is 0 Å². The lowest BCUT2D eigenvalue weighted by molar-refractivity contribution is 0.308. The van der Waals surface area contributed by atoms with Crippen molar-refractivity contribution in [3.63, 3.8) is 0 Å². The van der Waals surface area contributed by atoms with Crippen LogP contribution in [0.25, 0.3) is 0 Å². The number of aromatic nitrogens is 2. The van der Waals surface area contributed by atoms with E-state index < -0.39 is 0 Å². The van der Waals surface area contributed by atoms with Crippen molar-refractivity contribution in [3.8, 4) is 5.88 Å². The molecule has 4 heteroatoms. The molecule has 15 heavy (non-hydrogen) atoms. The van der Waals surface area contributed by atoms with Crippen LogP contribution in [0, 0.1) is 0 Å². The molecule has 0 spiro atoms. The molecule has 0 atom stereocenters. The van der Waals surface area contributed by atoms with Gasteiger partial charge in [-0.25, -0.2) is 9.97 Å². The summed E-state index contributed by atoms with van der Waals surface area (Å²) in [6, 6.07) is 0.